The van der Waals surface area contributed by atoms with Crippen LogP contribution in [0.1, 0.15) is 40.0 Å². The zero-order chi connectivity index (χ0) is 27.2. The van der Waals surface area contributed by atoms with Gasteiger partial charge in [0, 0.05) is 6.54 Å². The van der Waals surface area contributed by atoms with Gasteiger partial charge in [-0.05, 0) is 45.2 Å². The number of carbonyl (C=O) groups is 3. The summed E-state index contributed by atoms with van der Waals surface area (Å²) in [5.74, 6) is -2.86. The van der Waals surface area contributed by atoms with Crippen molar-refractivity contribution in [3.8, 4) is 0 Å². The highest BCUT2D eigenvalue weighted by atomic mass is 16.6. The molecule has 2 amide bonds. The van der Waals surface area contributed by atoms with E-state index in [0.29, 0.717) is 24.8 Å². The van der Waals surface area contributed by atoms with Crippen molar-refractivity contribution in [2.24, 2.45) is 11.8 Å². The molecule has 1 aromatic heterocycles. The second-order valence-electron chi connectivity index (χ2n) is 10.4. The van der Waals surface area contributed by atoms with Gasteiger partial charge in [-0.3, -0.25) is 14.4 Å². The van der Waals surface area contributed by atoms with E-state index in [1.165, 1.54) is 4.90 Å². The van der Waals surface area contributed by atoms with Crippen molar-refractivity contribution in [3.05, 3.63) is 36.9 Å². The summed E-state index contributed by atoms with van der Waals surface area (Å²) >= 11 is 0. The Kier molecular flexibility index (Phi) is 6.77. The maximum Gasteiger partial charge on any atom is 0.312 e. The van der Waals surface area contributed by atoms with E-state index < -0.39 is 41.1 Å². The van der Waals surface area contributed by atoms with E-state index in [1.54, 1.807) is 29.5 Å². The van der Waals surface area contributed by atoms with Gasteiger partial charge < -0.3 is 24.4 Å². The summed E-state index contributed by atoms with van der Waals surface area (Å²) < 4.78 is 13.7. The average Bonchev–Trinajstić information content (AvgIpc) is 3.65. The molecule has 2 aromatic rings. The molecule has 6 atom stereocenters. The van der Waals surface area contributed by atoms with Crippen LogP contribution in [0.25, 0.3) is 11.0 Å². The smallest absolute Gasteiger partial charge is 0.312 e. The molecule has 2 unspecified atom stereocenters. The minimum Gasteiger partial charge on any atom is -0.466 e. The number of hydrogen-bond acceptors (Lipinski definition) is 8. The predicted molar refractivity (Wildman–Crippen MR) is 136 cm³/mol. The molecule has 5 rings (SSSR count). The van der Waals surface area contributed by atoms with E-state index in [-0.39, 0.29) is 38.2 Å². The lowest BCUT2D eigenvalue weighted by molar-refractivity contribution is -0.163. The number of nitrogens with zero attached hydrogens (tertiary/aromatic N) is 5. The van der Waals surface area contributed by atoms with Crippen LogP contribution >= 0.6 is 0 Å². The lowest BCUT2D eigenvalue weighted by atomic mass is 9.65. The molecule has 38 heavy (non-hydrogen) atoms. The van der Waals surface area contributed by atoms with Gasteiger partial charge in [0.2, 0.25) is 11.8 Å². The van der Waals surface area contributed by atoms with Crippen LogP contribution in [0, 0.1) is 11.8 Å². The largest absolute Gasteiger partial charge is 0.466 e. The zero-order valence-electron chi connectivity index (χ0n) is 22.1. The van der Waals surface area contributed by atoms with Gasteiger partial charge in [-0.25, -0.2) is 4.68 Å². The van der Waals surface area contributed by atoms with Gasteiger partial charge in [-0.2, -0.15) is 0 Å². The Hall–Kier alpha value is -3.31. The highest BCUT2D eigenvalue weighted by molar-refractivity contribution is 5.98. The number of rotatable bonds is 10. The average molecular weight is 526 g/mol. The van der Waals surface area contributed by atoms with E-state index in [2.05, 4.69) is 16.9 Å². The van der Waals surface area contributed by atoms with Crippen molar-refractivity contribution < 1.29 is 29.0 Å². The molecule has 3 aliphatic rings. The van der Waals surface area contributed by atoms with Gasteiger partial charge in [0.1, 0.15) is 29.7 Å². The van der Waals surface area contributed by atoms with Crippen molar-refractivity contribution in [1.29, 1.82) is 0 Å². The van der Waals surface area contributed by atoms with Crippen LogP contribution in [0.4, 0.5) is 0 Å². The SMILES string of the molecule is C=CCN(Cn1nnc2ccccc21)C(=O)C1N([C@H](C)CO)C(=O)[C@@H]2[C@H](C(=O)OCC)[C@]3(CC)CCC12O3. The first kappa shape index (κ1) is 26.3. The van der Waals surface area contributed by atoms with Crippen molar-refractivity contribution in [1.82, 2.24) is 24.8 Å². The number of ether oxygens (including phenoxy) is 2. The summed E-state index contributed by atoms with van der Waals surface area (Å²) in [6.07, 6.45) is 3.12. The van der Waals surface area contributed by atoms with Crippen molar-refractivity contribution in [2.75, 3.05) is 19.8 Å². The molecule has 3 aliphatic heterocycles. The summed E-state index contributed by atoms with van der Waals surface area (Å²) in [5, 5.41) is 18.5. The third-order valence-corrected chi connectivity index (χ3v) is 8.52. The van der Waals surface area contributed by atoms with E-state index in [9.17, 15) is 19.5 Å². The number of aliphatic hydroxyl groups excluding tert-OH is 1. The fourth-order valence-corrected chi connectivity index (χ4v) is 6.82. The van der Waals surface area contributed by atoms with Gasteiger partial charge in [0.05, 0.1) is 36.3 Å². The third kappa shape index (κ3) is 3.66. The minimum atomic E-state index is -1.20. The number of fused-ring (bicyclic) bond motifs is 2. The quantitative estimate of drug-likeness (QED) is 0.365. The third-order valence-electron chi connectivity index (χ3n) is 8.52. The number of para-hydroxylation sites is 1. The molecular weight excluding hydrogens is 490 g/mol. The van der Waals surface area contributed by atoms with Crippen LogP contribution < -0.4 is 0 Å². The monoisotopic (exact) mass is 525 g/mol. The van der Waals surface area contributed by atoms with Crippen LogP contribution in [0.2, 0.25) is 0 Å². The number of benzene rings is 1. The number of hydrogen-bond donors (Lipinski definition) is 1. The Bertz CT molecular complexity index is 1260. The molecule has 0 aliphatic carbocycles. The molecule has 2 bridgehead atoms. The second kappa shape index (κ2) is 9.77. The van der Waals surface area contributed by atoms with Crippen LogP contribution in [0.5, 0.6) is 0 Å². The number of esters is 1. The molecule has 1 N–H and O–H groups in total. The lowest BCUT2D eigenvalue weighted by Gasteiger charge is -2.38. The van der Waals surface area contributed by atoms with Crippen LogP contribution in [0.15, 0.2) is 36.9 Å². The normalized spacial score (nSPS) is 30.5. The highest BCUT2D eigenvalue weighted by Gasteiger charge is 2.79. The van der Waals surface area contributed by atoms with Crippen LogP contribution in [0.3, 0.4) is 0 Å². The Balaban J connectivity index is 1.57. The zero-order valence-corrected chi connectivity index (χ0v) is 22.1. The van der Waals surface area contributed by atoms with E-state index in [1.807, 2.05) is 31.2 Å². The van der Waals surface area contributed by atoms with Crippen LogP contribution in [-0.2, 0) is 30.5 Å². The van der Waals surface area contributed by atoms with Gasteiger partial charge in [-0.1, -0.05) is 30.3 Å². The van der Waals surface area contributed by atoms with E-state index >= 15 is 0 Å². The number of aliphatic hydroxyl groups is 1. The summed E-state index contributed by atoms with van der Waals surface area (Å²) in [4.78, 5) is 44.7. The van der Waals surface area contributed by atoms with E-state index in [0.717, 1.165) is 5.52 Å². The first-order valence-corrected chi connectivity index (χ1v) is 13.3. The van der Waals surface area contributed by atoms with Gasteiger partial charge in [-0.15, -0.1) is 11.7 Å². The van der Waals surface area contributed by atoms with Gasteiger partial charge in [0.25, 0.3) is 0 Å². The summed E-state index contributed by atoms with van der Waals surface area (Å²) in [6.45, 7) is 9.30. The second-order valence-corrected chi connectivity index (χ2v) is 10.4. The predicted octanol–water partition coefficient (Wildman–Crippen LogP) is 1.50. The number of likely N-dealkylation sites (tertiary alicyclic amines) is 1. The number of amides is 2. The van der Waals surface area contributed by atoms with E-state index in [4.69, 9.17) is 9.47 Å². The molecule has 4 heterocycles. The van der Waals surface area contributed by atoms with Crippen molar-refractivity contribution in [3.63, 3.8) is 0 Å². The fourth-order valence-electron chi connectivity index (χ4n) is 6.82. The molecule has 11 nitrogen and oxygen atoms in total. The summed E-state index contributed by atoms with van der Waals surface area (Å²) in [5.41, 5.74) is -0.609. The molecule has 11 heteroatoms. The summed E-state index contributed by atoms with van der Waals surface area (Å²) in [6, 6.07) is 5.77. The highest BCUT2D eigenvalue weighted by Crippen LogP contribution is 2.64. The number of aromatic nitrogens is 3. The van der Waals surface area contributed by atoms with Crippen LogP contribution in [-0.4, -0.2) is 90.7 Å². The lowest BCUT2D eigenvalue weighted by Crippen LogP contribution is -2.58. The molecule has 204 valence electrons. The molecule has 1 spiro atoms. The Labute approximate surface area is 221 Å². The Morgan fingerprint density at radius 3 is 2.79 bits per heavy atom. The standard InChI is InChI=1S/C27H35N5O6/c1-5-14-30(16-31-19-11-9-8-10-18(19)28-29-31)24(35)22-27-13-12-26(6-2,38-27)21(25(36)37-7-3)20(27)23(34)32(22)17(4)15-33/h5,8-11,17,20-22,33H,1,6-7,12-16H2,2-4H3/t17-,20+,21-,22?,26+,27?/m1/s1. The maximum absolute atomic E-state index is 14.4. The van der Waals surface area contributed by atoms with Crippen molar-refractivity contribution in [2.45, 2.75) is 70.0 Å². The topological polar surface area (TPSA) is 127 Å². The van der Waals surface area contributed by atoms with Gasteiger partial charge in [0.15, 0.2) is 0 Å². The number of carbonyl (C=O) groups excluding carboxylic acids is 3. The fraction of sp³-hybridized carbons (Fsp3) is 0.593. The van der Waals surface area contributed by atoms with Gasteiger partial charge >= 0.3 is 5.97 Å². The van der Waals surface area contributed by atoms with Crippen molar-refractivity contribution >= 4 is 28.8 Å². The first-order chi connectivity index (χ1) is 18.3. The molecule has 3 saturated heterocycles. The Morgan fingerprint density at radius 2 is 2.11 bits per heavy atom. The molecule has 1 aromatic carbocycles. The molecular formula is C27H35N5O6. The maximum atomic E-state index is 14.4. The minimum absolute atomic E-state index is 0.0817. The molecule has 0 saturated carbocycles. The summed E-state index contributed by atoms with van der Waals surface area (Å²) in [7, 11) is 0. The Morgan fingerprint density at radius 1 is 1.34 bits per heavy atom. The molecule has 0 radical (unpaired) electrons. The first-order valence-electron chi connectivity index (χ1n) is 13.3. The molecule has 3 fully saturated rings.